The molecule has 0 unspecified atom stereocenters. The van der Waals surface area contributed by atoms with E-state index < -0.39 is 10.0 Å². The van der Waals surface area contributed by atoms with Gasteiger partial charge in [-0.1, -0.05) is 54.3 Å². The van der Waals surface area contributed by atoms with E-state index in [9.17, 15) is 8.42 Å². The largest absolute Gasteiger partial charge is 0.287 e. The molecule has 0 aliphatic heterocycles. The molecule has 0 radical (unpaired) electrons. The highest BCUT2D eigenvalue weighted by Gasteiger charge is 2.13. The highest BCUT2D eigenvalue weighted by atomic mass is 32.2. The van der Waals surface area contributed by atoms with Crippen molar-refractivity contribution in [3.63, 3.8) is 0 Å². The normalized spacial score (nSPS) is 11.4. The number of rotatable bonds is 6. The minimum absolute atomic E-state index is 0.188. The Morgan fingerprint density at radius 2 is 1.55 bits per heavy atom. The number of hydrogen-bond donors (Lipinski definition) is 1. The minimum atomic E-state index is -3.60. The van der Waals surface area contributed by atoms with Gasteiger partial charge in [0, 0.05) is 0 Å². The summed E-state index contributed by atoms with van der Waals surface area (Å²) in [5.41, 5.74) is 2.02. The van der Waals surface area contributed by atoms with Gasteiger partial charge in [0.2, 0.25) is 0 Å². The zero-order valence-electron chi connectivity index (χ0n) is 11.2. The maximum absolute atomic E-state index is 11.9. The first-order chi connectivity index (χ1) is 9.63. The van der Waals surface area contributed by atoms with Crippen LogP contribution in [0.5, 0.6) is 0 Å². The van der Waals surface area contributed by atoms with Crippen LogP contribution in [0.1, 0.15) is 13.3 Å². The number of sulfonamides is 1. The highest BCUT2D eigenvalue weighted by Crippen LogP contribution is 2.20. The summed E-state index contributed by atoms with van der Waals surface area (Å²) < 4.78 is 23.8. The van der Waals surface area contributed by atoms with E-state index in [2.05, 4.69) is 4.89 Å². The molecule has 106 valence electrons. The van der Waals surface area contributed by atoms with Crippen molar-refractivity contribution in [3.05, 3.63) is 54.6 Å². The van der Waals surface area contributed by atoms with Crippen LogP contribution in [0.4, 0.5) is 0 Å². The minimum Gasteiger partial charge on any atom is -0.287 e. The quantitative estimate of drug-likeness (QED) is 0.657. The lowest BCUT2D eigenvalue weighted by Crippen LogP contribution is -2.24. The molecule has 20 heavy (non-hydrogen) atoms. The van der Waals surface area contributed by atoms with Gasteiger partial charge in [-0.05, 0) is 29.7 Å². The SMILES string of the molecule is CCCONS(=O)(=O)c1ccc(-c2ccccc2)cc1. The molecular formula is C15H17NO3S. The maximum Gasteiger partial charge on any atom is 0.262 e. The number of nitrogens with one attached hydrogen (secondary N) is 1. The lowest BCUT2D eigenvalue weighted by atomic mass is 10.1. The van der Waals surface area contributed by atoms with Crippen molar-refractivity contribution in [2.75, 3.05) is 6.61 Å². The van der Waals surface area contributed by atoms with Crippen molar-refractivity contribution in [2.45, 2.75) is 18.2 Å². The Kier molecular flexibility index (Phi) is 4.89. The fourth-order valence-electron chi connectivity index (χ4n) is 1.73. The Morgan fingerprint density at radius 1 is 0.950 bits per heavy atom. The summed E-state index contributed by atoms with van der Waals surface area (Å²) in [6, 6.07) is 16.5. The fourth-order valence-corrected chi connectivity index (χ4v) is 2.56. The predicted octanol–water partition coefficient (Wildman–Crippen LogP) is 2.97. The molecule has 2 rings (SSSR count). The summed E-state index contributed by atoms with van der Waals surface area (Å²) in [6.45, 7) is 2.25. The third-order valence-electron chi connectivity index (χ3n) is 2.75. The van der Waals surface area contributed by atoms with E-state index in [1.165, 1.54) is 0 Å². The molecule has 4 nitrogen and oxygen atoms in total. The van der Waals surface area contributed by atoms with Crippen molar-refractivity contribution < 1.29 is 13.3 Å². The van der Waals surface area contributed by atoms with E-state index in [1.807, 2.05) is 37.3 Å². The molecule has 0 aliphatic rings. The Hall–Kier alpha value is -1.69. The van der Waals surface area contributed by atoms with Gasteiger partial charge in [0.25, 0.3) is 10.0 Å². The smallest absolute Gasteiger partial charge is 0.262 e. The highest BCUT2D eigenvalue weighted by molar-refractivity contribution is 7.89. The average molecular weight is 291 g/mol. The molecule has 0 heterocycles. The van der Waals surface area contributed by atoms with Crippen LogP contribution in [0.3, 0.4) is 0 Å². The summed E-state index contributed by atoms with van der Waals surface area (Å²) in [5.74, 6) is 0. The van der Waals surface area contributed by atoms with Gasteiger partial charge in [-0.3, -0.25) is 4.84 Å². The zero-order valence-corrected chi connectivity index (χ0v) is 12.1. The molecule has 5 heteroatoms. The third kappa shape index (κ3) is 3.66. The van der Waals surface area contributed by atoms with Crippen LogP contribution in [-0.4, -0.2) is 15.0 Å². The standard InChI is InChI=1S/C15H17NO3S/c1-2-12-19-16-20(17,18)15-10-8-14(9-11-15)13-6-4-3-5-7-13/h3-11,16H,2,12H2,1H3. The molecule has 0 amide bonds. The Bertz CT molecular complexity index is 637. The van der Waals surface area contributed by atoms with E-state index in [0.29, 0.717) is 6.61 Å². The first kappa shape index (κ1) is 14.7. The van der Waals surface area contributed by atoms with Gasteiger partial charge in [0.15, 0.2) is 0 Å². The molecule has 0 aromatic heterocycles. The lowest BCUT2D eigenvalue weighted by molar-refractivity contribution is 0.0938. The van der Waals surface area contributed by atoms with Crippen LogP contribution in [0.15, 0.2) is 59.5 Å². The average Bonchev–Trinajstić information content (AvgIpc) is 2.48. The van der Waals surface area contributed by atoms with E-state index in [-0.39, 0.29) is 4.90 Å². The van der Waals surface area contributed by atoms with Gasteiger partial charge in [-0.2, -0.15) is 0 Å². The van der Waals surface area contributed by atoms with E-state index in [4.69, 9.17) is 4.84 Å². The Balaban J connectivity index is 2.16. The van der Waals surface area contributed by atoms with Crippen molar-refractivity contribution in [1.29, 1.82) is 0 Å². The van der Waals surface area contributed by atoms with Gasteiger partial charge in [0.1, 0.15) is 0 Å². The predicted molar refractivity (Wildman–Crippen MR) is 78.4 cm³/mol. The van der Waals surface area contributed by atoms with Gasteiger partial charge < -0.3 is 0 Å². The van der Waals surface area contributed by atoms with Crippen LogP contribution in [0.25, 0.3) is 11.1 Å². The van der Waals surface area contributed by atoms with E-state index >= 15 is 0 Å². The molecule has 0 fully saturated rings. The summed E-state index contributed by atoms with van der Waals surface area (Å²) in [6.07, 6.45) is 0.746. The Morgan fingerprint density at radius 3 is 2.15 bits per heavy atom. The van der Waals surface area contributed by atoms with Crippen LogP contribution in [0, 0.1) is 0 Å². The molecular weight excluding hydrogens is 274 g/mol. The monoisotopic (exact) mass is 291 g/mol. The zero-order chi connectivity index (χ0) is 14.4. The topological polar surface area (TPSA) is 55.4 Å². The molecule has 0 saturated heterocycles. The first-order valence-electron chi connectivity index (χ1n) is 6.42. The molecule has 0 atom stereocenters. The summed E-state index contributed by atoms with van der Waals surface area (Å²) in [4.78, 5) is 7.17. The molecule has 0 bridgehead atoms. The van der Waals surface area contributed by atoms with E-state index in [0.717, 1.165) is 17.5 Å². The maximum atomic E-state index is 11.9. The van der Waals surface area contributed by atoms with Crippen molar-refractivity contribution >= 4 is 10.0 Å². The second-order valence-electron chi connectivity index (χ2n) is 4.33. The van der Waals surface area contributed by atoms with Crippen LogP contribution in [-0.2, 0) is 14.9 Å². The summed E-state index contributed by atoms with van der Waals surface area (Å²) >= 11 is 0. The van der Waals surface area contributed by atoms with Gasteiger partial charge in [0.05, 0.1) is 11.5 Å². The van der Waals surface area contributed by atoms with Crippen LogP contribution >= 0.6 is 0 Å². The summed E-state index contributed by atoms with van der Waals surface area (Å²) in [5, 5.41) is 0. The van der Waals surface area contributed by atoms with Gasteiger partial charge >= 0.3 is 0 Å². The molecule has 0 saturated carbocycles. The third-order valence-corrected chi connectivity index (χ3v) is 3.98. The lowest BCUT2D eigenvalue weighted by Gasteiger charge is -2.07. The molecule has 0 aliphatic carbocycles. The van der Waals surface area contributed by atoms with Crippen LogP contribution < -0.4 is 4.89 Å². The summed E-state index contributed by atoms with van der Waals surface area (Å²) in [7, 11) is -3.60. The number of benzene rings is 2. The Labute approximate surface area is 119 Å². The second-order valence-corrected chi connectivity index (χ2v) is 5.97. The van der Waals surface area contributed by atoms with Crippen LogP contribution in [0.2, 0.25) is 0 Å². The van der Waals surface area contributed by atoms with Crippen molar-refractivity contribution in [3.8, 4) is 11.1 Å². The van der Waals surface area contributed by atoms with Crippen molar-refractivity contribution in [2.24, 2.45) is 0 Å². The van der Waals surface area contributed by atoms with Crippen molar-refractivity contribution in [1.82, 2.24) is 4.89 Å². The van der Waals surface area contributed by atoms with Gasteiger partial charge in [-0.15, -0.1) is 0 Å². The fraction of sp³-hybridized carbons (Fsp3) is 0.200. The molecule has 2 aromatic rings. The molecule has 2 aromatic carbocycles. The van der Waals surface area contributed by atoms with Gasteiger partial charge in [-0.25, -0.2) is 8.42 Å². The second kappa shape index (κ2) is 6.65. The van der Waals surface area contributed by atoms with E-state index in [1.54, 1.807) is 24.3 Å². The number of hydrogen-bond acceptors (Lipinski definition) is 3. The molecule has 0 spiro atoms. The first-order valence-corrected chi connectivity index (χ1v) is 7.91. The molecule has 1 N–H and O–H groups in total.